The van der Waals surface area contributed by atoms with Crippen LogP contribution in [0.4, 0.5) is 0 Å². The molecule has 20 heavy (non-hydrogen) atoms. The number of rotatable bonds is 5. The van der Waals surface area contributed by atoms with Crippen LogP contribution in [0, 0.1) is 5.92 Å². The zero-order chi connectivity index (χ0) is 13.7. The standard InChI is InChI=1S/C15H23NO3.ClH/c1-3-19-13-5-4-12(10-14(13)17-2)15(16)11-6-8-18-9-7-11;/h4-5,10-11,15H,3,6-9,16H2,1-2H3;1H/t15-;/m0./s1. The zero-order valence-electron chi connectivity index (χ0n) is 12.1. The van der Waals surface area contributed by atoms with Crippen molar-refractivity contribution in [3.8, 4) is 11.5 Å². The molecule has 1 aromatic rings. The van der Waals surface area contributed by atoms with Crippen LogP contribution in [-0.4, -0.2) is 26.9 Å². The Balaban J connectivity index is 0.00000200. The van der Waals surface area contributed by atoms with Gasteiger partial charge in [0.05, 0.1) is 13.7 Å². The van der Waals surface area contributed by atoms with Gasteiger partial charge in [-0.05, 0) is 43.4 Å². The third-order valence-electron chi connectivity index (χ3n) is 3.65. The van der Waals surface area contributed by atoms with E-state index in [0.717, 1.165) is 43.1 Å². The highest BCUT2D eigenvalue weighted by molar-refractivity contribution is 5.85. The van der Waals surface area contributed by atoms with Crippen LogP contribution in [-0.2, 0) is 4.74 Å². The maximum absolute atomic E-state index is 6.37. The summed E-state index contributed by atoms with van der Waals surface area (Å²) >= 11 is 0. The Labute approximate surface area is 127 Å². The lowest BCUT2D eigenvalue weighted by Crippen LogP contribution is -2.27. The van der Waals surface area contributed by atoms with Crippen LogP contribution >= 0.6 is 12.4 Å². The van der Waals surface area contributed by atoms with Crippen molar-refractivity contribution in [2.45, 2.75) is 25.8 Å². The predicted molar refractivity (Wildman–Crippen MR) is 81.9 cm³/mol. The number of hydrogen-bond acceptors (Lipinski definition) is 4. The average molecular weight is 302 g/mol. The van der Waals surface area contributed by atoms with Crippen molar-refractivity contribution in [3.63, 3.8) is 0 Å². The highest BCUT2D eigenvalue weighted by Crippen LogP contribution is 2.34. The third kappa shape index (κ3) is 4.01. The van der Waals surface area contributed by atoms with E-state index in [2.05, 4.69) is 0 Å². The fraction of sp³-hybridized carbons (Fsp3) is 0.600. The first-order valence-corrected chi connectivity index (χ1v) is 6.90. The zero-order valence-corrected chi connectivity index (χ0v) is 12.9. The Kier molecular flexibility index (Phi) is 7.13. The Morgan fingerprint density at radius 1 is 1.30 bits per heavy atom. The Morgan fingerprint density at radius 2 is 2.00 bits per heavy atom. The van der Waals surface area contributed by atoms with Gasteiger partial charge in [-0.15, -0.1) is 12.4 Å². The summed E-state index contributed by atoms with van der Waals surface area (Å²) in [6.45, 7) is 4.21. The van der Waals surface area contributed by atoms with Crippen LogP contribution in [0.2, 0.25) is 0 Å². The second-order valence-corrected chi connectivity index (χ2v) is 4.82. The lowest BCUT2D eigenvalue weighted by Gasteiger charge is -2.28. The molecule has 0 unspecified atom stereocenters. The van der Waals surface area contributed by atoms with Gasteiger partial charge in [-0.1, -0.05) is 6.07 Å². The molecule has 2 N–H and O–H groups in total. The van der Waals surface area contributed by atoms with E-state index in [1.807, 2.05) is 25.1 Å². The first-order chi connectivity index (χ1) is 9.26. The molecule has 0 bridgehead atoms. The monoisotopic (exact) mass is 301 g/mol. The highest BCUT2D eigenvalue weighted by atomic mass is 35.5. The van der Waals surface area contributed by atoms with Crippen molar-refractivity contribution in [1.29, 1.82) is 0 Å². The van der Waals surface area contributed by atoms with Crippen molar-refractivity contribution in [3.05, 3.63) is 23.8 Å². The molecule has 0 saturated carbocycles. The van der Waals surface area contributed by atoms with Crippen molar-refractivity contribution in [1.82, 2.24) is 0 Å². The van der Waals surface area contributed by atoms with Gasteiger partial charge in [0.1, 0.15) is 0 Å². The first kappa shape index (κ1) is 17.1. The number of halogens is 1. The molecule has 114 valence electrons. The molecule has 4 nitrogen and oxygen atoms in total. The lowest BCUT2D eigenvalue weighted by atomic mass is 9.88. The smallest absolute Gasteiger partial charge is 0.161 e. The summed E-state index contributed by atoms with van der Waals surface area (Å²) in [7, 11) is 1.65. The van der Waals surface area contributed by atoms with Crippen LogP contribution in [0.15, 0.2) is 18.2 Å². The van der Waals surface area contributed by atoms with Gasteiger partial charge in [-0.3, -0.25) is 0 Å². The number of ether oxygens (including phenoxy) is 3. The second-order valence-electron chi connectivity index (χ2n) is 4.82. The minimum atomic E-state index is 0. The van der Waals surface area contributed by atoms with Gasteiger partial charge in [0, 0.05) is 19.3 Å². The highest BCUT2D eigenvalue weighted by Gasteiger charge is 2.23. The van der Waals surface area contributed by atoms with Crippen LogP contribution in [0.1, 0.15) is 31.4 Å². The summed E-state index contributed by atoms with van der Waals surface area (Å²) in [5.41, 5.74) is 7.47. The van der Waals surface area contributed by atoms with Gasteiger partial charge >= 0.3 is 0 Å². The van der Waals surface area contributed by atoms with Gasteiger partial charge < -0.3 is 19.9 Å². The normalized spacial score (nSPS) is 17.1. The number of hydrogen-bond donors (Lipinski definition) is 1. The van der Waals surface area contributed by atoms with Crippen molar-refractivity contribution in [2.75, 3.05) is 26.9 Å². The summed E-state index contributed by atoms with van der Waals surface area (Å²) in [6, 6.07) is 6.00. The molecule has 2 rings (SSSR count). The topological polar surface area (TPSA) is 53.7 Å². The summed E-state index contributed by atoms with van der Waals surface area (Å²) in [5.74, 6) is 2.01. The van der Waals surface area contributed by atoms with E-state index >= 15 is 0 Å². The number of nitrogens with two attached hydrogens (primary N) is 1. The molecule has 1 atom stereocenters. The lowest BCUT2D eigenvalue weighted by molar-refractivity contribution is 0.0583. The minimum absolute atomic E-state index is 0. The maximum atomic E-state index is 6.37. The van der Waals surface area contributed by atoms with E-state index < -0.39 is 0 Å². The fourth-order valence-electron chi connectivity index (χ4n) is 2.51. The molecule has 1 heterocycles. The molecular formula is C15H24ClNO3. The summed E-state index contributed by atoms with van der Waals surface area (Å²) in [4.78, 5) is 0. The van der Waals surface area contributed by atoms with E-state index in [-0.39, 0.29) is 18.4 Å². The number of methoxy groups -OCH3 is 1. The third-order valence-corrected chi connectivity index (χ3v) is 3.65. The van der Waals surface area contributed by atoms with Gasteiger partial charge in [0.25, 0.3) is 0 Å². The van der Waals surface area contributed by atoms with Gasteiger partial charge in [-0.25, -0.2) is 0 Å². The summed E-state index contributed by atoms with van der Waals surface area (Å²) < 4.78 is 16.3. The van der Waals surface area contributed by atoms with Crippen LogP contribution in [0.5, 0.6) is 11.5 Å². The SMILES string of the molecule is CCOc1ccc([C@@H](N)C2CCOCC2)cc1OC.Cl. The van der Waals surface area contributed by atoms with Gasteiger partial charge in [-0.2, -0.15) is 0 Å². The van der Waals surface area contributed by atoms with Crippen LogP contribution in [0.3, 0.4) is 0 Å². The van der Waals surface area contributed by atoms with Crippen molar-refractivity contribution < 1.29 is 14.2 Å². The summed E-state index contributed by atoms with van der Waals surface area (Å²) in [6.07, 6.45) is 2.05. The van der Waals surface area contributed by atoms with Gasteiger partial charge in [0.15, 0.2) is 11.5 Å². The van der Waals surface area contributed by atoms with Crippen LogP contribution in [0.25, 0.3) is 0 Å². The largest absolute Gasteiger partial charge is 0.493 e. The molecular weight excluding hydrogens is 278 g/mol. The predicted octanol–water partition coefficient (Wildman–Crippen LogP) is 2.94. The Morgan fingerprint density at radius 3 is 2.60 bits per heavy atom. The quantitative estimate of drug-likeness (QED) is 0.908. The Bertz CT molecular complexity index is 408. The molecule has 0 radical (unpaired) electrons. The van der Waals surface area contributed by atoms with E-state index in [1.165, 1.54) is 0 Å². The van der Waals surface area contributed by atoms with Crippen molar-refractivity contribution in [2.24, 2.45) is 11.7 Å². The molecule has 0 amide bonds. The Hall–Kier alpha value is -0.970. The van der Waals surface area contributed by atoms with E-state index in [4.69, 9.17) is 19.9 Å². The molecule has 1 aliphatic rings. The molecule has 0 aromatic heterocycles. The molecule has 1 saturated heterocycles. The molecule has 1 aliphatic heterocycles. The van der Waals surface area contributed by atoms with Crippen molar-refractivity contribution >= 4 is 12.4 Å². The van der Waals surface area contributed by atoms with E-state index in [1.54, 1.807) is 7.11 Å². The molecule has 1 fully saturated rings. The first-order valence-electron chi connectivity index (χ1n) is 6.90. The molecule has 5 heteroatoms. The average Bonchev–Trinajstić information content (AvgIpc) is 2.48. The molecule has 0 spiro atoms. The second kappa shape index (κ2) is 8.35. The summed E-state index contributed by atoms with van der Waals surface area (Å²) in [5, 5.41) is 0. The van der Waals surface area contributed by atoms with E-state index in [0.29, 0.717) is 12.5 Å². The van der Waals surface area contributed by atoms with Gasteiger partial charge in [0.2, 0.25) is 0 Å². The number of benzene rings is 1. The van der Waals surface area contributed by atoms with Crippen LogP contribution < -0.4 is 15.2 Å². The fourth-order valence-corrected chi connectivity index (χ4v) is 2.51. The maximum Gasteiger partial charge on any atom is 0.161 e. The van der Waals surface area contributed by atoms with E-state index in [9.17, 15) is 0 Å². The minimum Gasteiger partial charge on any atom is -0.493 e. The molecule has 1 aromatic carbocycles. The molecule has 0 aliphatic carbocycles.